The molecule has 0 heterocycles. The monoisotopic (exact) mass is 214 g/mol. The Morgan fingerprint density at radius 2 is 2.33 bits per heavy atom. The summed E-state index contributed by atoms with van der Waals surface area (Å²) in [5, 5.41) is 2.86. The van der Waals surface area contributed by atoms with E-state index >= 15 is 0 Å². The summed E-state index contributed by atoms with van der Waals surface area (Å²) in [4.78, 5) is 11.4. The first-order valence-corrected chi connectivity index (χ1v) is 5.80. The van der Waals surface area contributed by atoms with E-state index in [0.717, 1.165) is 25.7 Å². The van der Waals surface area contributed by atoms with Crippen LogP contribution in [0.5, 0.6) is 0 Å². The summed E-state index contributed by atoms with van der Waals surface area (Å²) in [6, 6.07) is 0.333. The van der Waals surface area contributed by atoms with Crippen LogP contribution in [0.25, 0.3) is 0 Å². The second-order valence-electron chi connectivity index (χ2n) is 4.32. The summed E-state index contributed by atoms with van der Waals surface area (Å²) in [5.74, 6) is -0.0385. The van der Waals surface area contributed by atoms with E-state index < -0.39 is 0 Å². The SMILES string of the molecule is CCC(C)NC(=O)COC1CCCC1N. The van der Waals surface area contributed by atoms with Gasteiger partial charge in [-0.15, -0.1) is 0 Å². The van der Waals surface area contributed by atoms with Crippen LogP contribution < -0.4 is 11.1 Å². The average molecular weight is 214 g/mol. The van der Waals surface area contributed by atoms with Crippen molar-refractivity contribution in [1.29, 1.82) is 0 Å². The third kappa shape index (κ3) is 4.18. The molecule has 1 saturated carbocycles. The van der Waals surface area contributed by atoms with Crippen molar-refractivity contribution in [1.82, 2.24) is 5.32 Å². The van der Waals surface area contributed by atoms with Gasteiger partial charge in [-0.05, 0) is 32.6 Å². The number of rotatable bonds is 5. The molecule has 0 aromatic carbocycles. The molecule has 15 heavy (non-hydrogen) atoms. The molecule has 4 heteroatoms. The van der Waals surface area contributed by atoms with Crippen LogP contribution in [0, 0.1) is 0 Å². The van der Waals surface area contributed by atoms with Gasteiger partial charge in [-0.25, -0.2) is 0 Å². The Labute approximate surface area is 91.5 Å². The number of carbonyl (C=O) groups excluding carboxylic acids is 1. The molecule has 3 atom stereocenters. The van der Waals surface area contributed by atoms with Gasteiger partial charge in [-0.3, -0.25) is 4.79 Å². The lowest BCUT2D eigenvalue weighted by Gasteiger charge is -2.17. The van der Waals surface area contributed by atoms with E-state index in [0.29, 0.717) is 0 Å². The van der Waals surface area contributed by atoms with Gasteiger partial charge in [0, 0.05) is 12.1 Å². The van der Waals surface area contributed by atoms with E-state index in [9.17, 15) is 4.79 Å². The number of nitrogens with two attached hydrogens (primary N) is 1. The topological polar surface area (TPSA) is 64.3 Å². The van der Waals surface area contributed by atoms with Crippen LogP contribution in [-0.2, 0) is 9.53 Å². The first-order chi connectivity index (χ1) is 7.13. The lowest BCUT2D eigenvalue weighted by molar-refractivity contribution is -0.128. The number of ether oxygens (including phenoxy) is 1. The van der Waals surface area contributed by atoms with E-state index in [1.165, 1.54) is 0 Å². The molecular formula is C11H22N2O2. The van der Waals surface area contributed by atoms with E-state index in [2.05, 4.69) is 5.32 Å². The van der Waals surface area contributed by atoms with Crippen molar-refractivity contribution < 1.29 is 9.53 Å². The summed E-state index contributed by atoms with van der Waals surface area (Å²) in [6.45, 7) is 4.17. The Kier molecular flexibility index (Phi) is 5.05. The van der Waals surface area contributed by atoms with Crippen LogP contribution in [0.2, 0.25) is 0 Å². The molecule has 0 bridgehead atoms. The summed E-state index contributed by atoms with van der Waals surface area (Å²) in [7, 11) is 0. The second-order valence-corrected chi connectivity index (χ2v) is 4.32. The number of carbonyl (C=O) groups is 1. The molecule has 0 aromatic heterocycles. The first kappa shape index (κ1) is 12.5. The smallest absolute Gasteiger partial charge is 0.246 e. The van der Waals surface area contributed by atoms with Crippen LogP contribution in [-0.4, -0.2) is 30.7 Å². The molecule has 1 amide bonds. The quantitative estimate of drug-likeness (QED) is 0.711. The lowest BCUT2D eigenvalue weighted by Crippen LogP contribution is -2.38. The van der Waals surface area contributed by atoms with Crippen LogP contribution in [0.3, 0.4) is 0 Å². The third-order valence-corrected chi connectivity index (χ3v) is 2.95. The fraction of sp³-hybridized carbons (Fsp3) is 0.909. The van der Waals surface area contributed by atoms with Gasteiger partial charge < -0.3 is 15.8 Å². The average Bonchev–Trinajstić information content (AvgIpc) is 2.61. The van der Waals surface area contributed by atoms with Gasteiger partial charge in [0.15, 0.2) is 0 Å². The van der Waals surface area contributed by atoms with Crippen LogP contribution in [0.1, 0.15) is 39.5 Å². The summed E-state index contributed by atoms with van der Waals surface area (Å²) in [6.07, 6.45) is 4.12. The first-order valence-electron chi connectivity index (χ1n) is 5.80. The van der Waals surface area contributed by atoms with Gasteiger partial charge in [-0.1, -0.05) is 6.92 Å². The van der Waals surface area contributed by atoms with Crippen molar-refractivity contribution in [2.45, 2.75) is 57.7 Å². The Morgan fingerprint density at radius 1 is 1.60 bits per heavy atom. The minimum Gasteiger partial charge on any atom is -0.367 e. The van der Waals surface area contributed by atoms with E-state index in [-0.39, 0.29) is 30.7 Å². The highest BCUT2D eigenvalue weighted by Gasteiger charge is 2.25. The molecule has 0 saturated heterocycles. The molecule has 88 valence electrons. The largest absolute Gasteiger partial charge is 0.367 e. The van der Waals surface area contributed by atoms with E-state index in [1.54, 1.807) is 0 Å². The van der Waals surface area contributed by atoms with Crippen molar-refractivity contribution in [2.75, 3.05) is 6.61 Å². The summed E-state index contributed by atoms with van der Waals surface area (Å²) in [5.41, 5.74) is 5.84. The van der Waals surface area contributed by atoms with Crippen LogP contribution >= 0.6 is 0 Å². The van der Waals surface area contributed by atoms with Crippen molar-refractivity contribution in [2.24, 2.45) is 5.73 Å². The van der Waals surface area contributed by atoms with Crippen molar-refractivity contribution >= 4 is 5.91 Å². The predicted molar refractivity (Wildman–Crippen MR) is 59.5 cm³/mol. The highest BCUT2D eigenvalue weighted by molar-refractivity contribution is 5.77. The van der Waals surface area contributed by atoms with Crippen LogP contribution in [0.4, 0.5) is 0 Å². The normalized spacial score (nSPS) is 27.7. The zero-order valence-electron chi connectivity index (χ0n) is 9.66. The maximum absolute atomic E-state index is 11.4. The van der Waals surface area contributed by atoms with Gasteiger partial charge in [0.1, 0.15) is 6.61 Å². The molecule has 0 aliphatic heterocycles. The Hall–Kier alpha value is -0.610. The zero-order chi connectivity index (χ0) is 11.3. The number of hydrogen-bond donors (Lipinski definition) is 2. The fourth-order valence-corrected chi connectivity index (χ4v) is 1.76. The van der Waals surface area contributed by atoms with Gasteiger partial charge >= 0.3 is 0 Å². The minimum atomic E-state index is -0.0385. The molecule has 4 nitrogen and oxygen atoms in total. The summed E-state index contributed by atoms with van der Waals surface area (Å²) >= 11 is 0. The highest BCUT2D eigenvalue weighted by atomic mass is 16.5. The molecule has 0 radical (unpaired) electrons. The molecule has 0 aromatic rings. The number of nitrogens with one attached hydrogen (secondary N) is 1. The van der Waals surface area contributed by atoms with Gasteiger partial charge in [0.05, 0.1) is 6.10 Å². The molecule has 1 aliphatic rings. The standard InChI is InChI=1S/C11H22N2O2/c1-3-8(2)13-11(14)7-15-10-6-4-5-9(10)12/h8-10H,3-7,12H2,1-2H3,(H,13,14). The minimum absolute atomic E-state index is 0.0385. The summed E-state index contributed by atoms with van der Waals surface area (Å²) < 4.78 is 5.49. The Morgan fingerprint density at radius 3 is 2.87 bits per heavy atom. The van der Waals surface area contributed by atoms with Crippen molar-refractivity contribution in [3.05, 3.63) is 0 Å². The molecule has 3 unspecified atom stereocenters. The predicted octanol–water partition coefficient (Wildman–Crippen LogP) is 0.797. The molecule has 1 rings (SSSR count). The van der Waals surface area contributed by atoms with Crippen LogP contribution in [0.15, 0.2) is 0 Å². The van der Waals surface area contributed by atoms with Crippen molar-refractivity contribution in [3.63, 3.8) is 0 Å². The van der Waals surface area contributed by atoms with E-state index in [1.807, 2.05) is 13.8 Å². The maximum atomic E-state index is 11.4. The Balaban J connectivity index is 2.16. The fourth-order valence-electron chi connectivity index (χ4n) is 1.76. The number of hydrogen-bond acceptors (Lipinski definition) is 3. The third-order valence-electron chi connectivity index (χ3n) is 2.95. The van der Waals surface area contributed by atoms with E-state index in [4.69, 9.17) is 10.5 Å². The molecule has 0 spiro atoms. The maximum Gasteiger partial charge on any atom is 0.246 e. The highest BCUT2D eigenvalue weighted by Crippen LogP contribution is 2.19. The molecule has 1 fully saturated rings. The Bertz CT molecular complexity index is 209. The number of amides is 1. The second kappa shape index (κ2) is 6.08. The lowest BCUT2D eigenvalue weighted by atomic mass is 10.2. The van der Waals surface area contributed by atoms with Crippen molar-refractivity contribution in [3.8, 4) is 0 Å². The zero-order valence-corrected chi connectivity index (χ0v) is 9.66. The van der Waals surface area contributed by atoms with Gasteiger partial charge in [0.2, 0.25) is 5.91 Å². The molecular weight excluding hydrogens is 192 g/mol. The molecule has 3 N–H and O–H groups in total. The molecule has 1 aliphatic carbocycles. The van der Waals surface area contributed by atoms with Gasteiger partial charge in [-0.2, -0.15) is 0 Å². The van der Waals surface area contributed by atoms with Gasteiger partial charge in [0.25, 0.3) is 0 Å².